The van der Waals surface area contributed by atoms with Gasteiger partial charge in [0.05, 0.1) is 5.56 Å². The maximum absolute atomic E-state index is 12.4. The Balaban J connectivity index is 2.31. The molecule has 19 heavy (non-hydrogen) atoms. The van der Waals surface area contributed by atoms with Crippen molar-refractivity contribution in [2.75, 3.05) is 6.54 Å². The SMILES string of the molecule is O=C(O)C1CCCCN1C(=O)c1cc(I)ccc1O. The quantitative estimate of drug-likeness (QED) is 0.776. The third kappa shape index (κ3) is 2.99. The number of phenols is 1. The molecule has 1 atom stereocenters. The van der Waals surface area contributed by atoms with E-state index in [9.17, 15) is 19.8 Å². The highest BCUT2D eigenvalue weighted by atomic mass is 127. The summed E-state index contributed by atoms with van der Waals surface area (Å²) >= 11 is 2.05. The molecule has 2 N–H and O–H groups in total. The summed E-state index contributed by atoms with van der Waals surface area (Å²) < 4.78 is 0.822. The lowest BCUT2D eigenvalue weighted by Crippen LogP contribution is -2.48. The number of amides is 1. The molecular weight excluding hydrogens is 361 g/mol. The molecule has 5 nitrogen and oxygen atoms in total. The Morgan fingerprint density at radius 1 is 1.32 bits per heavy atom. The molecule has 6 heteroatoms. The largest absolute Gasteiger partial charge is 0.507 e. The van der Waals surface area contributed by atoms with Crippen molar-refractivity contribution >= 4 is 34.5 Å². The van der Waals surface area contributed by atoms with Gasteiger partial charge in [0.2, 0.25) is 0 Å². The maximum Gasteiger partial charge on any atom is 0.326 e. The average molecular weight is 375 g/mol. The zero-order valence-corrected chi connectivity index (χ0v) is 12.3. The second kappa shape index (κ2) is 5.77. The lowest BCUT2D eigenvalue weighted by Gasteiger charge is -2.33. The van der Waals surface area contributed by atoms with Crippen LogP contribution in [0.25, 0.3) is 0 Å². The zero-order valence-electron chi connectivity index (χ0n) is 10.2. The average Bonchev–Trinajstić information content (AvgIpc) is 2.40. The maximum atomic E-state index is 12.4. The van der Waals surface area contributed by atoms with Gasteiger partial charge in [0.1, 0.15) is 11.8 Å². The number of nitrogens with zero attached hydrogens (tertiary/aromatic N) is 1. The molecule has 0 aliphatic carbocycles. The van der Waals surface area contributed by atoms with Gasteiger partial charge < -0.3 is 15.1 Å². The summed E-state index contributed by atoms with van der Waals surface area (Å²) in [5, 5.41) is 18.9. The zero-order chi connectivity index (χ0) is 14.0. The molecular formula is C13H14INO4. The number of carboxylic acid groups (broad SMARTS) is 1. The number of benzene rings is 1. The lowest BCUT2D eigenvalue weighted by atomic mass is 10.0. The van der Waals surface area contributed by atoms with Crippen molar-refractivity contribution in [3.8, 4) is 5.75 Å². The Morgan fingerprint density at radius 2 is 2.05 bits per heavy atom. The number of carbonyl (C=O) groups is 2. The van der Waals surface area contributed by atoms with Gasteiger partial charge in [-0.05, 0) is 60.1 Å². The van der Waals surface area contributed by atoms with E-state index in [-0.39, 0.29) is 11.3 Å². The van der Waals surface area contributed by atoms with Gasteiger partial charge >= 0.3 is 5.97 Å². The van der Waals surface area contributed by atoms with E-state index in [0.29, 0.717) is 13.0 Å². The number of piperidine rings is 1. The van der Waals surface area contributed by atoms with Crippen LogP contribution in [0.3, 0.4) is 0 Å². The molecule has 1 heterocycles. The minimum absolute atomic E-state index is 0.111. The first-order chi connectivity index (χ1) is 9.00. The molecule has 1 unspecified atom stereocenters. The summed E-state index contributed by atoms with van der Waals surface area (Å²) in [6, 6.07) is 3.93. The van der Waals surface area contributed by atoms with Gasteiger partial charge in [-0.15, -0.1) is 0 Å². The number of carboxylic acids is 1. The van der Waals surface area contributed by atoms with E-state index in [4.69, 9.17) is 0 Å². The first-order valence-electron chi connectivity index (χ1n) is 6.03. The predicted octanol–water partition coefficient (Wildman–Crippen LogP) is 2.08. The second-order valence-electron chi connectivity index (χ2n) is 4.51. The highest BCUT2D eigenvalue weighted by Gasteiger charge is 2.33. The minimum atomic E-state index is -0.988. The molecule has 1 aliphatic rings. The Kier molecular flexibility index (Phi) is 4.28. The molecule has 1 aromatic rings. The number of hydrogen-bond donors (Lipinski definition) is 2. The molecule has 0 bridgehead atoms. The van der Waals surface area contributed by atoms with Crippen molar-refractivity contribution in [2.45, 2.75) is 25.3 Å². The Morgan fingerprint density at radius 3 is 2.74 bits per heavy atom. The van der Waals surface area contributed by atoms with Crippen LogP contribution < -0.4 is 0 Å². The van der Waals surface area contributed by atoms with Crippen LogP contribution in [0.4, 0.5) is 0 Å². The van der Waals surface area contributed by atoms with E-state index < -0.39 is 17.9 Å². The second-order valence-corrected chi connectivity index (χ2v) is 5.76. The number of aliphatic carboxylic acids is 1. The van der Waals surface area contributed by atoms with Gasteiger partial charge in [-0.1, -0.05) is 0 Å². The van der Waals surface area contributed by atoms with Crippen molar-refractivity contribution in [3.63, 3.8) is 0 Å². The lowest BCUT2D eigenvalue weighted by molar-refractivity contribution is -0.143. The summed E-state index contributed by atoms with van der Waals surface area (Å²) in [6.07, 6.45) is 2.06. The number of halogens is 1. The number of phenolic OH excluding ortho intramolecular Hbond substituents is 1. The standard InChI is InChI=1S/C13H14INO4/c14-8-4-5-11(16)9(7-8)12(17)15-6-2-1-3-10(15)13(18)19/h4-5,7,10,16H,1-3,6H2,(H,18,19). The first kappa shape index (κ1) is 14.1. The summed E-state index contributed by atoms with van der Waals surface area (Å²) in [7, 11) is 0. The van der Waals surface area contributed by atoms with E-state index >= 15 is 0 Å². The van der Waals surface area contributed by atoms with E-state index in [0.717, 1.165) is 16.4 Å². The predicted molar refractivity (Wildman–Crippen MR) is 77.1 cm³/mol. The van der Waals surface area contributed by atoms with Crippen molar-refractivity contribution in [1.29, 1.82) is 0 Å². The highest BCUT2D eigenvalue weighted by molar-refractivity contribution is 14.1. The summed E-state index contributed by atoms with van der Waals surface area (Å²) in [6.45, 7) is 0.417. The van der Waals surface area contributed by atoms with Crippen LogP contribution in [0.5, 0.6) is 5.75 Å². The molecule has 0 radical (unpaired) electrons. The number of hydrogen-bond acceptors (Lipinski definition) is 3. The van der Waals surface area contributed by atoms with E-state index in [1.54, 1.807) is 12.1 Å². The Bertz CT molecular complexity index is 517. The number of rotatable bonds is 2. The van der Waals surface area contributed by atoms with E-state index in [2.05, 4.69) is 0 Å². The Hall–Kier alpha value is -1.31. The van der Waals surface area contributed by atoms with Crippen LogP contribution in [0.2, 0.25) is 0 Å². The molecule has 1 aromatic carbocycles. The number of carbonyl (C=O) groups excluding carboxylic acids is 1. The Labute approximate surface area is 124 Å². The fraction of sp³-hybridized carbons (Fsp3) is 0.385. The summed E-state index contributed by atoms with van der Waals surface area (Å²) in [5.74, 6) is -1.51. The van der Waals surface area contributed by atoms with Crippen molar-refractivity contribution < 1.29 is 19.8 Å². The molecule has 1 aliphatic heterocycles. The van der Waals surface area contributed by atoms with Gasteiger partial charge in [0, 0.05) is 10.1 Å². The van der Waals surface area contributed by atoms with Gasteiger partial charge in [0.15, 0.2) is 0 Å². The molecule has 1 amide bonds. The van der Waals surface area contributed by atoms with Crippen LogP contribution in [0.15, 0.2) is 18.2 Å². The summed E-state index contributed by atoms with van der Waals surface area (Å²) in [4.78, 5) is 24.9. The smallest absolute Gasteiger partial charge is 0.326 e. The fourth-order valence-electron chi connectivity index (χ4n) is 2.27. The summed E-state index contributed by atoms with van der Waals surface area (Å²) in [5.41, 5.74) is 0.167. The van der Waals surface area contributed by atoms with Gasteiger partial charge in [0.25, 0.3) is 5.91 Å². The minimum Gasteiger partial charge on any atom is -0.507 e. The molecule has 0 spiro atoms. The third-order valence-electron chi connectivity index (χ3n) is 3.24. The molecule has 1 saturated heterocycles. The number of aromatic hydroxyl groups is 1. The van der Waals surface area contributed by atoms with Crippen molar-refractivity contribution in [2.24, 2.45) is 0 Å². The fourth-order valence-corrected chi connectivity index (χ4v) is 2.76. The molecule has 102 valence electrons. The van der Waals surface area contributed by atoms with Gasteiger partial charge in [-0.3, -0.25) is 4.79 Å². The third-order valence-corrected chi connectivity index (χ3v) is 3.91. The topological polar surface area (TPSA) is 77.8 Å². The molecule has 0 aromatic heterocycles. The van der Waals surface area contributed by atoms with Crippen LogP contribution in [-0.2, 0) is 4.79 Å². The van der Waals surface area contributed by atoms with Crippen LogP contribution >= 0.6 is 22.6 Å². The monoisotopic (exact) mass is 375 g/mol. The molecule has 1 fully saturated rings. The van der Waals surface area contributed by atoms with Crippen LogP contribution in [0.1, 0.15) is 29.6 Å². The van der Waals surface area contributed by atoms with E-state index in [1.165, 1.54) is 11.0 Å². The molecule has 0 saturated carbocycles. The van der Waals surface area contributed by atoms with Gasteiger partial charge in [-0.2, -0.15) is 0 Å². The normalized spacial score (nSPS) is 19.2. The highest BCUT2D eigenvalue weighted by Crippen LogP contribution is 2.25. The first-order valence-corrected chi connectivity index (χ1v) is 7.11. The molecule has 2 rings (SSSR count). The van der Waals surface area contributed by atoms with Crippen molar-refractivity contribution in [1.82, 2.24) is 4.90 Å². The van der Waals surface area contributed by atoms with E-state index in [1.807, 2.05) is 22.6 Å². The van der Waals surface area contributed by atoms with Crippen molar-refractivity contribution in [3.05, 3.63) is 27.3 Å². The number of likely N-dealkylation sites (tertiary alicyclic amines) is 1. The van der Waals surface area contributed by atoms with Gasteiger partial charge in [-0.25, -0.2) is 4.79 Å². The van der Waals surface area contributed by atoms with Crippen LogP contribution in [0, 0.1) is 3.57 Å². The van der Waals surface area contributed by atoms with Crippen LogP contribution in [-0.4, -0.2) is 39.6 Å².